The molecule has 0 radical (unpaired) electrons. The number of carbonyl (C=O) groups excluding carboxylic acids is 1. The van der Waals surface area contributed by atoms with Crippen molar-refractivity contribution in [3.63, 3.8) is 0 Å². The molecule has 6 nitrogen and oxygen atoms in total. The zero-order chi connectivity index (χ0) is 21.2. The number of ether oxygens (including phenoxy) is 1. The van der Waals surface area contributed by atoms with E-state index >= 15 is 0 Å². The number of nitrogens with one attached hydrogen (secondary N) is 2. The number of hydrogen-bond acceptors (Lipinski definition) is 3. The van der Waals surface area contributed by atoms with E-state index in [4.69, 9.17) is 4.74 Å². The van der Waals surface area contributed by atoms with Gasteiger partial charge in [-0.3, -0.25) is 9.79 Å². The molecule has 2 aromatic carbocycles. The highest BCUT2D eigenvalue weighted by atomic mass is 16.5. The minimum atomic E-state index is 0.0685. The molecule has 0 saturated heterocycles. The minimum absolute atomic E-state index is 0.0685. The molecule has 0 saturated carbocycles. The second-order valence-electron chi connectivity index (χ2n) is 6.77. The second kappa shape index (κ2) is 11.1. The Morgan fingerprint density at radius 3 is 2.28 bits per heavy atom. The fourth-order valence-electron chi connectivity index (χ4n) is 3.04. The summed E-state index contributed by atoms with van der Waals surface area (Å²) < 4.78 is 5.45. The number of amides is 1. The van der Waals surface area contributed by atoms with Gasteiger partial charge in [-0.15, -0.1) is 0 Å². The number of hydrogen-bond donors (Lipinski definition) is 2. The van der Waals surface area contributed by atoms with Gasteiger partial charge in [-0.25, -0.2) is 0 Å². The Balaban J connectivity index is 1.92. The first-order chi connectivity index (χ1) is 14.0. The Kier molecular flexibility index (Phi) is 8.52. The maximum absolute atomic E-state index is 12.4. The summed E-state index contributed by atoms with van der Waals surface area (Å²) in [7, 11) is 3.42. The zero-order valence-corrected chi connectivity index (χ0v) is 18.1. The van der Waals surface area contributed by atoms with Crippen LogP contribution < -0.4 is 15.4 Å². The van der Waals surface area contributed by atoms with E-state index in [0.717, 1.165) is 22.4 Å². The zero-order valence-electron chi connectivity index (χ0n) is 18.1. The lowest BCUT2D eigenvalue weighted by atomic mass is 10.1. The summed E-state index contributed by atoms with van der Waals surface area (Å²) >= 11 is 0. The van der Waals surface area contributed by atoms with Gasteiger partial charge in [0.15, 0.2) is 5.96 Å². The van der Waals surface area contributed by atoms with Crippen molar-refractivity contribution in [2.45, 2.75) is 33.9 Å². The predicted octanol–water partition coefficient (Wildman–Crippen LogP) is 3.35. The summed E-state index contributed by atoms with van der Waals surface area (Å²) in [5.41, 5.74) is 4.03. The quantitative estimate of drug-likeness (QED) is 0.530. The van der Waals surface area contributed by atoms with E-state index in [0.29, 0.717) is 37.7 Å². The van der Waals surface area contributed by atoms with Crippen molar-refractivity contribution in [2.24, 2.45) is 4.99 Å². The third-order valence-electron chi connectivity index (χ3n) is 4.82. The van der Waals surface area contributed by atoms with E-state index in [2.05, 4.69) is 27.8 Å². The fraction of sp³-hybridized carbons (Fsp3) is 0.391. The lowest BCUT2D eigenvalue weighted by molar-refractivity contribution is 0.0773. The van der Waals surface area contributed by atoms with Gasteiger partial charge >= 0.3 is 0 Å². The predicted molar refractivity (Wildman–Crippen MR) is 118 cm³/mol. The van der Waals surface area contributed by atoms with Crippen molar-refractivity contribution >= 4 is 11.9 Å². The number of rotatable bonds is 8. The summed E-state index contributed by atoms with van der Waals surface area (Å²) in [6, 6.07) is 13.8. The number of carbonyl (C=O) groups is 1. The van der Waals surface area contributed by atoms with Crippen LogP contribution >= 0.6 is 0 Å². The second-order valence-corrected chi connectivity index (χ2v) is 6.77. The lowest BCUT2D eigenvalue weighted by Gasteiger charge is -2.18. The summed E-state index contributed by atoms with van der Waals surface area (Å²) in [6.07, 6.45) is 0. The first kappa shape index (κ1) is 22.3. The van der Waals surface area contributed by atoms with Crippen LogP contribution in [-0.2, 0) is 13.1 Å². The van der Waals surface area contributed by atoms with Gasteiger partial charge in [0.05, 0.1) is 7.11 Å². The van der Waals surface area contributed by atoms with Gasteiger partial charge in [-0.05, 0) is 50.1 Å². The molecule has 0 aliphatic rings. The highest BCUT2D eigenvalue weighted by Gasteiger charge is 2.12. The number of methoxy groups -OCH3 is 1. The van der Waals surface area contributed by atoms with Gasteiger partial charge in [0, 0.05) is 44.4 Å². The van der Waals surface area contributed by atoms with Gasteiger partial charge in [0.2, 0.25) is 0 Å². The molecule has 0 unspecified atom stereocenters. The molecule has 0 heterocycles. The van der Waals surface area contributed by atoms with E-state index in [1.165, 1.54) is 0 Å². The number of nitrogens with zero attached hydrogens (tertiary/aromatic N) is 2. The third kappa shape index (κ3) is 6.24. The molecule has 156 valence electrons. The van der Waals surface area contributed by atoms with Crippen LogP contribution in [0.25, 0.3) is 0 Å². The Labute approximate surface area is 174 Å². The monoisotopic (exact) mass is 396 g/mol. The average molecular weight is 397 g/mol. The smallest absolute Gasteiger partial charge is 0.253 e. The molecular formula is C23H32N4O2. The van der Waals surface area contributed by atoms with Crippen molar-refractivity contribution in [1.82, 2.24) is 15.5 Å². The molecule has 0 atom stereocenters. The fourth-order valence-corrected chi connectivity index (χ4v) is 3.04. The highest BCUT2D eigenvalue weighted by Crippen LogP contribution is 2.19. The molecule has 1 amide bonds. The lowest BCUT2D eigenvalue weighted by Crippen LogP contribution is -2.36. The first-order valence-corrected chi connectivity index (χ1v) is 9.98. The van der Waals surface area contributed by atoms with Crippen molar-refractivity contribution < 1.29 is 9.53 Å². The molecule has 2 rings (SSSR count). The largest absolute Gasteiger partial charge is 0.496 e. The van der Waals surface area contributed by atoms with Crippen molar-refractivity contribution in [1.29, 1.82) is 0 Å². The maximum Gasteiger partial charge on any atom is 0.253 e. The van der Waals surface area contributed by atoms with Gasteiger partial charge in [-0.2, -0.15) is 0 Å². The van der Waals surface area contributed by atoms with Gasteiger partial charge in [0.25, 0.3) is 5.91 Å². The van der Waals surface area contributed by atoms with Gasteiger partial charge < -0.3 is 20.3 Å². The summed E-state index contributed by atoms with van der Waals surface area (Å²) in [5, 5.41) is 6.61. The molecule has 0 fully saturated rings. The first-order valence-electron chi connectivity index (χ1n) is 9.98. The molecule has 0 aliphatic heterocycles. The van der Waals surface area contributed by atoms with E-state index in [1.807, 2.05) is 56.0 Å². The summed E-state index contributed by atoms with van der Waals surface area (Å²) in [4.78, 5) is 18.5. The highest BCUT2D eigenvalue weighted by molar-refractivity contribution is 5.94. The minimum Gasteiger partial charge on any atom is -0.496 e. The average Bonchev–Trinajstić information content (AvgIpc) is 2.75. The Morgan fingerprint density at radius 2 is 1.69 bits per heavy atom. The maximum atomic E-state index is 12.4. The van der Waals surface area contributed by atoms with Crippen LogP contribution in [0.4, 0.5) is 0 Å². The molecule has 29 heavy (non-hydrogen) atoms. The van der Waals surface area contributed by atoms with Crippen LogP contribution in [0.5, 0.6) is 5.75 Å². The van der Waals surface area contributed by atoms with Crippen LogP contribution in [-0.4, -0.2) is 44.0 Å². The Bertz CT molecular complexity index is 827. The van der Waals surface area contributed by atoms with E-state index in [-0.39, 0.29) is 5.91 Å². The normalized spacial score (nSPS) is 11.1. The molecule has 0 spiro atoms. The van der Waals surface area contributed by atoms with Crippen LogP contribution in [0.3, 0.4) is 0 Å². The van der Waals surface area contributed by atoms with Crippen LogP contribution in [0.2, 0.25) is 0 Å². The van der Waals surface area contributed by atoms with Gasteiger partial charge in [0.1, 0.15) is 5.75 Å². The summed E-state index contributed by atoms with van der Waals surface area (Å²) in [5.74, 6) is 1.64. The number of guanidine groups is 1. The molecular weight excluding hydrogens is 364 g/mol. The van der Waals surface area contributed by atoms with Gasteiger partial charge in [-0.1, -0.05) is 24.3 Å². The Hall–Kier alpha value is -3.02. The molecule has 2 N–H and O–H groups in total. The third-order valence-corrected chi connectivity index (χ3v) is 4.82. The van der Waals surface area contributed by atoms with Crippen LogP contribution in [0, 0.1) is 6.92 Å². The molecule has 2 aromatic rings. The van der Waals surface area contributed by atoms with E-state index in [1.54, 1.807) is 14.2 Å². The van der Waals surface area contributed by atoms with Crippen molar-refractivity contribution in [2.75, 3.05) is 27.2 Å². The molecule has 0 bridgehead atoms. The van der Waals surface area contributed by atoms with Crippen LogP contribution in [0.1, 0.15) is 40.9 Å². The number of aryl methyl sites for hydroxylation is 1. The van der Waals surface area contributed by atoms with Crippen LogP contribution in [0.15, 0.2) is 47.5 Å². The number of aliphatic imine (C=N–C) groups is 1. The standard InChI is InChI=1S/C23H32N4O2/c1-6-27(7-2)22(28)19-12-9-18(10-13-19)15-25-23(24-4)26-16-20-11-8-17(3)14-21(20)29-5/h8-14H,6-7,15-16H2,1-5H3,(H2,24,25,26). The van der Waals surface area contributed by atoms with E-state index in [9.17, 15) is 4.79 Å². The summed E-state index contributed by atoms with van der Waals surface area (Å²) in [6.45, 7) is 8.68. The van der Waals surface area contributed by atoms with Crippen molar-refractivity contribution in [3.05, 3.63) is 64.7 Å². The topological polar surface area (TPSA) is 66.0 Å². The molecule has 0 aliphatic carbocycles. The molecule has 0 aromatic heterocycles. The van der Waals surface area contributed by atoms with E-state index < -0.39 is 0 Å². The van der Waals surface area contributed by atoms with Crippen molar-refractivity contribution in [3.8, 4) is 5.75 Å². The Morgan fingerprint density at radius 1 is 1.03 bits per heavy atom. The number of benzene rings is 2. The molecule has 6 heteroatoms. The SMILES string of the molecule is CCN(CC)C(=O)c1ccc(CNC(=NC)NCc2ccc(C)cc2OC)cc1.